The number of benzene rings is 2. The Bertz CT molecular complexity index is 1050. The van der Waals surface area contributed by atoms with Gasteiger partial charge in [-0.2, -0.15) is 0 Å². The Morgan fingerprint density at radius 3 is 2.30 bits per heavy atom. The van der Waals surface area contributed by atoms with Crippen molar-refractivity contribution >= 4 is 17.3 Å². The lowest BCUT2D eigenvalue weighted by Crippen LogP contribution is -2.24. The van der Waals surface area contributed by atoms with Crippen LogP contribution in [0, 0.1) is 6.92 Å². The van der Waals surface area contributed by atoms with Gasteiger partial charge in [0.05, 0.1) is 35.5 Å². The van der Waals surface area contributed by atoms with Crippen LogP contribution in [-0.4, -0.2) is 46.9 Å². The van der Waals surface area contributed by atoms with Crippen molar-refractivity contribution in [3.05, 3.63) is 51.6 Å². The van der Waals surface area contributed by atoms with Gasteiger partial charge < -0.3 is 19.7 Å². The third-order valence-corrected chi connectivity index (χ3v) is 5.08. The molecule has 1 saturated heterocycles. The van der Waals surface area contributed by atoms with Crippen LogP contribution in [0.25, 0.3) is 0 Å². The van der Waals surface area contributed by atoms with Crippen molar-refractivity contribution in [3.8, 4) is 17.2 Å². The largest absolute Gasteiger partial charge is 0.507 e. The number of carbonyl (C=O) groups excluding carboxylic acids is 3. The first-order valence-corrected chi connectivity index (χ1v) is 8.34. The van der Waals surface area contributed by atoms with Gasteiger partial charge in [-0.15, -0.1) is 0 Å². The first-order valence-electron chi connectivity index (χ1n) is 8.34. The SMILES string of the molecule is COc1cccc2c1C(=O)c1c(O)c(C(=O)[C@@H]3O[C@H]3C)c(C)c(O)c1C2=O. The van der Waals surface area contributed by atoms with Gasteiger partial charge in [-0.3, -0.25) is 14.4 Å². The molecule has 138 valence electrons. The van der Waals surface area contributed by atoms with Crippen molar-refractivity contribution < 1.29 is 34.1 Å². The van der Waals surface area contributed by atoms with Crippen molar-refractivity contribution in [2.45, 2.75) is 26.1 Å². The molecule has 2 aliphatic rings. The number of hydrogen-bond acceptors (Lipinski definition) is 7. The molecule has 1 aliphatic heterocycles. The number of Topliss-reactive ketones (excluding diaryl/α,β-unsaturated/α-hetero) is 1. The second-order valence-electron chi connectivity index (χ2n) is 6.61. The lowest BCUT2D eigenvalue weighted by molar-refractivity contribution is 0.0944. The summed E-state index contributed by atoms with van der Waals surface area (Å²) in [6, 6.07) is 4.53. The fourth-order valence-electron chi connectivity index (χ4n) is 3.58. The van der Waals surface area contributed by atoms with Gasteiger partial charge in [-0.1, -0.05) is 12.1 Å². The highest BCUT2D eigenvalue weighted by Gasteiger charge is 2.46. The Balaban J connectivity index is 2.01. The maximum atomic E-state index is 13.1. The summed E-state index contributed by atoms with van der Waals surface area (Å²) in [5, 5.41) is 21.3. The third kappa shape index (κ3) is 2.21. The van der Waals surface area contributed by atoms with Crippen molar-refractivity contribution in [2.24, 2.45) is 0 Å². The lowest BCUT2D eigenvalue weighted by Gasteiger charge is -2.23. The second kappa shape index (κ2) is 5.65. The number of carbonyl (C=O) groups is 3. The highest BCUT2D eigenvalue weighted by molar-refractivity contribution is 6.32. The molecule has 1 heterocycles. The van der Waals surface area contributed by atoms with E-state index in [4.69, 9.17) is 9.47 Å². The van der Waals surface area contributed by atoms with Gasteiger partial charge >= 0.3 is 0 Å². The number of ketones is 3. The number of aromatic hydroxyl groups is 2. The van der Waals surface area contributed by atoms with E-state index in [1.807, 2.05) is 0 Å². The van der Waals surface area contributed by atoms with Crippen molar-refractivity contribution in [2.75, 3.05) is 7.11 Å². The molecule has 0 saturated carbocycles. The van der Waals surface area contributed by atoms with Crippen LogP contribution >= 0.6 is 0 Å². The zero-order valence-corrected chi connectivity index (χ0v) is 14.8. The number of epoxide rings is 1. The smallest absolute Gasteiger partial charge is 0.202 e. The summed E-state index contributed by atoms with van der Waals surface area (Å²) in [6.45, 7) is 3.11. The van der Waals surface area contributed by atoms with Crippen molar-refractivity contribution in [1.82, 2.24) is 0 Å². The minimum atomic E-state index is -0.747. The number of hydrogen-bond donors (Lipinski definition) is 2. The van der Waals surface area contributed by atoms with Crippen LogP contribution in [0.15, 0.2) is 18.2 Å². The number of phenols is 2. The van der Waals surface area contributed by atoms with Crippen molar-refractivity contribution in [1.29, 1.82) is 0 Å². The molecule has 2 N–H and O–H groups in total. The maximum absolute atomic E-state index is 13.1. The molecule has 7 nitrogen and oxygen atoms in total. The monoisotopic (exact) mass is 368 g/mol. The van der Waals surface area contributed by atoms with E-state index in [1.54, 1.807) is 13.0 Å². The lowest BCUT2D eigenvalue weighted by atomic mass is 9.79. The number of methoxy groups -OCH3 is 1. The predicted octanol–water partition coefficient (Wildman–Crippen LogP) is 2.16. The van der Waals surface area contributed by atoms with E-state index in [0.29, 0.717) is 0 Å². The van der Waals surface area contributed by atoms with Gasteiger partial charge in [-0.05, 0) is 19.9 Å². The molecule has 1 aliphatic carbocycles. The predicted molar refractivity (Wildman–Crippen MR) is 93.0 cm³/mol. The number of phenolic OH excluding ortho intramolecular Hbond substituents is 2. The van der Waals surface area contributed by atoms with E-state index >= 15 is 0 Å². The van der Waals surface area contributed by atoms with Crippen molar-refractivity contribution in [3.63, 3.8) is 0 Å². The van der Waals surface area contributed by atoms with E-state index < -0.39 is 40.5 Å². The van der Waals surface area contributed by atoms with Gasteiger partial charge in [0.2, 0.25) is 5.78 Å². The Morgan fingerprint density at radius 2 is 1.70 bits per heavy atom. The van der Waals surface area contributed by atoms with Crippen LogP contribution in [0.3, 0.4) is 0 Å². The second-order valence-corrected chi connectivity index (χ2v) is 6.61. The topological polar surface area (TPSA) is 113 Å². The highest BCUT2D eigenvalue weighted by Crippen LogP contribution is 2.45. The minimum absolute atomic E-state index is 0.00880. The molecule has 0 bridgehead atoms. The minimum Gasteiger partial charge on any atom is -0.507 e. The average Bonchev–Trinajstić information content (AvgIpc) is 3.38. The Morgan fingerprint density at radius 1 is 1.07 bits per heavy atom. The van der Waals surface area contributed by atoms with Gasteiger partial charge in [0.25, 0.3) is 0 Å². The van der Waals surface area contributed by atoms with Crippen LogP contribution in [0.1, 0.15) is 54.7 Å². The van der Waals surface area contributed by atoms with Crippen LogP contribution in [-0.2, 0) is 4.74 Å². The zero-order chi connectivity index (χ0) is 19.6. The van der Waals surface area contributed by atoms with Crippen LogP contribution in [0.2, 0.25) is 0 Å². The van der Waals surface area contributed by atoms with E-state index in [-0.39, 0.29) is 39.7 Å². The Labute approximate surface area is 154 Å². The summed E-state index contributed by atoms with van der Waals surface area (Å²) in [5.74, 6) is -2.80. The summed E-state index contributed by atoms with van der Waals surface area (Å²) in [4.78, 5) is 38.7. The highest BCUT2D eigenvalue weighted by atomic mass is 16.6. The molecule has 4 rings (SSSR count). The fraction of sp³-hybridized carbons (Fsp3) is 0.250. The van der Waals surface area contributed by atoms with Gasteiger partial charge in [0.1, 0.15) is 23.4 Å². The molecular formula is C20H16O7. The first-order chi connectivity index (χ1) is 12.8. The molecule has 0 spiro atoms. The van der Waals surface area contributed by atoms with E-state index in [2.05, 4.69) is 0 Å². The zero-order valence-electron chi connectivity index (χ0n) is 14.8. The molecule has 1 fully saturated rings. The summed E-state index contributed by atoms with van der Waals surface area (Å²) in [5.41, 5.74) is -0.815. The fourth-order valence-corrected chi connectivity index (χ4v) is 3.58. The molecule has 0 amide bonds. The number of ether oxygens (including phenoxy) is 2. The summed E-state index contributed by atoms with van der Waals surface area (Å²) >= 11 is 0. The maximum Gasteiger partial charge on any atom is 0.202 e. The molecule has 0 unspecified atom stereocenters. The first kappa shape index (κ1) is 17.2. The Kier molecular flexibility index (Phi) is 3.61. The normalized spacial score (nSPS) is 20.1. The quantitative estimate of drug-likeness (QED) is 0.414. The van der Waals surface area contributed by atoms with Gasteiger partial charge in [0, 0.05) is 11.1 Å². The van der Waals surface area contributed by atoms with E-state index in [0.717, 1.165) is 0 Å². The third-order valence-electron chi connectivity index (χ3n) is 5.08. The average molecular weight is 368 g/mol. The molecule has 2 aromatic rings. The standard InChI is InChI=1S/C20H16O7/c1-7-11(19(25)20-8(2)27-20)17(23)14-13(15(7)21)16(22)9-5-4-6-10(26-3)12(9)18(14)24/h4-6,8,20-21,23H,1-3H3/t8-,20+/m0/s1. The molecule has 0 aromatic heterocycles. The van der Waals surface area contributed by atoms with Gasteiger partial charge in [0.15, 0.2) is 11.6 Å². The molecule has 0 radical (unpaired) electrons. The Hall–Kier alpha value is -3.19. The molecular weight excluding hydrogens is 352 g/mol. The summed E-state index contributed by atoms with van der Waals surface area (Å²) < 4.78 is 10.3. The number of rotatable bonds is 3. The molecule has 2 aromatic carbocycles. The van der Waals surface area contributed by atoms with Crippen LogP contribution < -0.4 is 4.74 Å². The summed E-state index contributed by atoms with van der Waals surface area (Å²) in [6.07, 6.45) is -1.06. The van der Waals surface area contributed by atoms with E-state index in [1.165, 1.54) is 26.2 Å². The number of fused-ring (bicyclic) bond motifs is 2. The molecule has 27 heavy (non-hydrogen) atoms. The van der Waals surface area contributed by atoms with Crippen LogP contribution in [0.5, 0.6) is 17.2 Å². The van der Waals surface area contributed by atoms with Crippen LogP contribution in [0.4, 0.5) is 0 Å². The molecule has 2 atom stereocenters. The molecule has 7 heteroatoms. The van der Waals surface area contributed by atoms with E-state index in [9.17, 15) is 24.6 Å². The van der Waals surface area contributed by atoms with Gasteiger partial charge in [-0.25, -0.2) is 0 Å². The summed E-state index contributed by atoms with van der Waals surface area (Å²) in [7, 11) is 1.36.